The summed E-state index contributed by atoms with van der Waals surface area (Å²) in [6.45, 7) is 9.56. The molecule has 2 rings (SSSR count). The molecule has 1 aliphatic rings. The summed E-state index contributed by atoms with van der Waals surface area (Å²) in [7, 11) is 1.74. The SMILES string of the molecule is CCNC(=NCCSc1ccc(C)cc1)N1CCC(OCCCOC)CC1.I. The molecule has 1 N–H and O–H groups in total. The molecule has 0 unspecified atom stereocenters. The second kappa shape index (κ2) is 15.3. The molecular formula is C21H36IN3O2S. The van der Waals surface area contributed by atoms with Crippen molar-refractivity contribution in [3.63, 3.8) is 0 Å². The third-order valence-electron chi connectivity index (χ3n) is 4.57. The van der Waals surface area contributed by atoms with Gasteiger partial charge < -0.3 is 19.7 Å². The Labute approximate surface area is 192 Å². The molecule has 0 saturated carbocycles. The van der Waals surface area contributed by atoms with Crippen molar-refractivity contribution in [2.75, 3.05) is 52.3 Å². The maximum absolute atomic E-state index is 5.96. The summed E-state index contributed by atoms with van der Waals surface area (Å²) in [5.74, 6) is 2.04. The van der Waals surface area contributed by atoms with Gasteiger partial charge in [0.1, 0.15) is 0 Å². The van der Waals surface area contributed by atoms with Crippen LogP contribution in [0.3, 0.4) is 0 Å². The van der Waals surface area contributed by atoms with E-state index in [1.54, 1.807) is 7.11 Å². The van der Waals surface area contributed by atoms with Crippen LogP contribution < -0.4 is 5.32 Å². The number of benzene rings is 1. The number of piperidine rings is 1. The quantitative estimate of drug-likeness (QED) is 0.165. The number of nitrogens with one attached hydrogen (secondary N) is 1. The number of hydrogen-bond acceptors (Lipinski definition) is 4. The van der Waals surface area contributed by atoms with E-state index >= 15 is 0 Å². The molecule has 0 spiro atoms. The summed E-state index contributed by atoms with van der Waals surface area (Å²) in [4.78, 5) is 8.52. The Hall–Kier alpha value is -0.510. The van der Waals surface area contributed by atoms with Crippen LogP contribution in [0.2, 0.25) is 0 Å². The van der Waals surface area contributed by atoms with E-state index in [1.165, 1.54) is 10.5 Å². The molecule has 0 amide bonds. The lowest BCUT2D eigenvalue weighted by molar-refractivity contribution is 0.00991. The predicted molar refractivity (Wildman–Crippen MR) is 130 cm³/mol. The Morgan fingerprint density at radius 3 is 2.57 bits per heavy atom. The minimum absolute atomic E-state index is 0. The highest BCUT2D eigenvalue weighted by Gasteiger charge is 2.21. The Kier molecular flexibility index (Phi) is 14.0. The molecule has 0 atom stereocenters. The van der Waals surface area contributed by atoms with E-state index in [-0.39, 0.29) is 24.0 Å². The van der Waals surface area contributed by atoms with E-state index in [0.717, 1.165) is 70.4 Å². The normalized spacial score (nSPS) is 15.4. The van der Waals surface area contributed by atoms with Gasteiger partial charge in [0.2, 0.25) is 0 Å². The average Bonchev–Trinajstić information content (AvgIpc) is 2.69. The Morgan fingerprint density at radius 2 is 1.93 bits per heavy atom. The Morgan fingerprint density at radius 1 is 1.21 bits per heavy atom. The van der Waals surface area contributed by atoms with E-state index in [1.807, 2.05) is 11.8 Å². The Bertz CT molecular complexity index is 549. The number of aliphatic imine (C=N–C) groups is 1. The van der Waals surface area contributed by atoms with Gasteiger partial charge in [-0.3, -0.25) is 4.99 Å². The summed E-state index contributed by atoms with van der Waals surface area (Å²) in [6, 6.07) is 8.70. The van der Waals surface area contributed by atoms with Crippen LogP contribution in [0, 0.1) is 6.92 Å². The highest BCUT2D eigenvalue weighted by atomic mass is 127. The smallest absolute Gasteiger partial charge is 0.193 e. The number of methoxy groups -OCH3 is 1. The fourth-order valence-corrected chi connectivity index (χ4v) is 3.81. The summed E-state index contributed by atoms with van der Waals surface area (Å²) in [6.07, 6.45) is 3.47. The molecule has 5 nitrogen and oxygen atoms in total. The molecule has 0 aliphatic carbocycles. The highest BCUT2D eigenvalue weighted by Crippen LogP contribution is 2.18. The van der Waals surface area contributed by atoms with Gasteiger partial charge in [0.25, 0.3) is 0 Å². The standard InChI is InChI=1S/C21H35N3O2S.HI/c1-4-22-21(23-12-17-27-20-8-6-18(2)7-9-20)24-13-10-19(11-14-24)26-16-5-15-25-3;/h6-9,19H,4-5,10-17H2,1-3H3,(H,22,23);1H. The van der Waals surface area contributed by atoms with Gasteiger partial charge in [-0.15, -0.1) is 35.7 Å². The number of rotatable bonds is 10. The van der Waals surface area contributed by atoms with E-state index in [0.29, 0.717) is 6.10 Å². The van der Waals surface area contributed by atoms with Crippen LogP contribution in [0.15, 0.2) is 34.2 Å². The number of guanidine groups is 1. The lowest BCUT2D eigenvalue weighted by atomic mass is 10.1. The molecule has 7 heteroatoms. The van der Waals surface area contributed by atoms with Crippen molar-refractivity contribution >= 4 is 41.7 Å². The van der Waals surface area contributed by atoms with Crippen molar-refractivity contribution in [3.05, 3.63) is 29.8 Å². The minimum Gasteiger partial charge on any atom is -0.385 e. The van der Waals surface area contributed by atoms with Crippen LogP contribution in [-0.4, -0.2) is 69.2 Å². The molecule has 1 aromatic rings. The van der Waals surface area contributed by atoms with Crippen molar-refractivity contribution in [2.45, 2.75) is 44.1 Å². The molecule has 28 heavy (non-hydrogen) atoms. The van der Waals surface area contributed by atoms with E-state index in [4.69, 9.17) is 14.5 Å². The number of nitrogens with zero attached hydrogens (tertiary/aromatic N) is 2. The summed E-state index contributed by atoms with van der Waals surface area (Å²) >= 11 is 1.87. The monoisotopic (exact) mass is 521 g/mol. The van der Waals surface area contributed by atoms with Crippen molar-refractivity contribution in [1.29, 1.82) is 0 Å². The van der Waals surface area contributed by atoms with E-state index < -0.39 is 0 Å². The first-order valence-electron chi connectivity index (χ1n) is 10.1. The molecule has 0 bridgehead atoms. The third kappa shape index (κ3) is 9.80. The van der Waals surface area contributed by atoms with Gasteiger partial charge in [-0.25, -0.2) is 0 Å². The predicted octanol–water partition coefficient (Wildman–Crippen LogP) is 4.19. The zero-order valence-electron chi connectivity index (χ0n) is 17.5. The molecule has 1 aliphatic heterocycles. The number of halogens is 1. The molecule has 1 heterocycles. The van der Waals surface area contributed by atoms with Gasteiger partial charge in [-0.1, -0.05) is 17.7 Å². The molecule has 1 aromatic carbocycles. The van der Waals surface area contributed by atoms with Crippen LogP contribution in [0.5, 0.6) is 0 Å². The largest absolute Gasteiger partial charge is 0.385 e. The van der Waals surface area contributed by atoms with Crippen molar-refractivity contribution in [2.24, 2.45) is 4.99 Å². The third-order valence-corrected chi connectivity index (χ3v) is 5.56. The zero-order chi connectivity index (χ0) is 19.3. The fraction of sp³-hybridized carbons (Fsp3) is 0.667. The second-order valence-corrected chi connectivity index (χ2v) is 7.97. The zero-order valence-corrected chi connectivity index (χ0v) is 20.6. The molecular weight excluding hydrogens is 485 g/mol. The second-order valence-electron chi connectivity index (χ2n) is 6.80. The van der Waals surface area contributed by atoms with Crippen LogP contribution in [0.4, 0.5) is 0 Å². The first kappa shape index (κ1) is 25.5. The number of ether oxygens (including phenoxy) is 2. The van der Waals surface area contributed by atoms with E-state index in [9.17, 15) is 0 Å². The number of likely N-dealkylation sites (tertiary alicyclic amines) is 1. The highest BCUT2D eigenvalue weighted by molar-refractivity contribution is 14.0. The summed E-state index contributed by atoms with van der Waals surface area (Å²) < 4.78 is 11.0. The molecule has 1 saturated heterocycles. The average molecular weight is 522 g/mol. The first-order valence-corrected chi connectivity index (χ1v) is 11.0. The minimum atomic E-state index is 0. The van der Waals surface area contributed by atoms with Crippen LogP contribution in [0.25, 0.3) is 0 Å². The molecule has 0 aromatic heterocycles. The summed E-state index contributed by atoms with van der Waals surface area (Å²) in [5.41, 5.74) is 1.30. The van der Waals surface area contributed by atoms with Gasteiger partial charge in [0.15, 0.2) is 5.96 Å². The first-order chi connectivity index (χ1) is 13.2. The van der Waals surface area contributed by atoms with Crippen LogP contribution in [0.1, 0.15) is 31.7 Å². The number of hydrogen-bond donors (Lipinski definition) is 1. The van der Waals surface area contributed by atoms with Gasteiger partial charge in [0, 0.05) is 50.6 Å². The van der Waals surface area contributed by atoms with Gasteiger partial charge in [-0.2, -0.15) is 0 Å². The topological polar surface area (TPSA) is 46.1 Å². The molecule has 160 valence electrons. The summed E-state index contributed by atoms with van der Waals surface area (Å²) in [5, 5.41) is 3.44. The van der Waals surface area contributed by atoms with Crippen LogP contribution in [-0.2, 0) is 9.47 Å². The van der Waals surface area contributed by atoms with Gasteiger partial charge >= 0.3 is 0 Å². The number of thioether (sulfide) groups is 1. The lowest BCUT2D eigenvalue weighted by Crippen LogP contribution is -2.47. The van der Waals surface area contributed by atoms with Gasteiger partial charge in [0.05, 0.1) is 12.6 Å². The molecule has 1 fully saturated rings. The lowest BCUT2D eigenvalue weighted by Gasteiger charge is -2.34. The Balaban J connectivity index is 0.00000392. The van der Waals surface area contributed by atoms with Crippen LogP contribution >= 0.6 is 35.7 Å². The maximum Gasteiger partial charge on any atom is 0.193 e. The fourth-order valence-electron chi connectivity index (χ4n) is 3.06. The maximum atomic E-state index is 5.96. The van der Waals surface area contributed by atoms with Crippen molar-refractivity contribution < 1.29 is 9.47 Å². The number of aryl methyl sites for hydroxylation is 1. The van der Waals surface area contributed by atoms with Gasteiger partial charge in [-0.05, 0) is 45.2 Å². The molecule has 0 radical (unpaired) electrons. The van der Waals surface area contributed by atoms with E-state index in [2.05, 4.69) is 48.3 Å². The van der Waals surface area contributed by atoms with Crippen molar-refractivity contribution in [3.8, 4) is 0 Å². The van der Waals surface area contributed by atoms with Crippen molar-refractivity contribution in [1.82, 2.24) is 10.2 Å².